The number of aliphatic hydroxyl groups is 1. The molecule has 0 bridgehead atoms. The summed E-state index contributed by atoms with van der Waals surface area (Å²) in [5, 5.41) is 11.5. The molecule has 0 saturated carbocycles. The lowest BCUT2D eigenvalue weighted by atomic mass is 10.1. The minimum Gasteiger partial charge on any atom is -0.413 e. The standard InChI is InChI=1S/C34H46O5Si/c1-34(2,3)40(4,5)39-23-15-22-32(37-25-29-18-11-7-12-19-29)33(38-26-30-20-13-8-14-21-30)31(35)27-36-24-28-16-9-6-10-17-28/h6-22,31-33,35H,23-27H2,1-5H3/b22-15+/t31-,32-,33-/m1/s1. The van der Waals surface area contributed by atoms with E-state index in [4.69, 9.17) is 18.6 Å². The first-order valence-electron chi connectivity index (χ1n) is 14.1. The van der Waals surface area contributed by atoms with Crippen molar-refractivity contribution in [2.45, 2.75) is 77.0 Å². The van der Waals surface area contributed by atoms with E-state index in [-0.39, 0.29) is 11.6 Å². The van der Waals surface area contributed by atoms with Crippen LogP contribution in [0, 0.1) is 0 Å². The van der Waals surface area contributed by atoms with Crippen molar-refractivity contribution in [3.63, 3.8) is 0 Å². The van der Waals surface area contributed by atoms with Gasteiger partial charge in [0.1, 0.15) is 18.3 Å². The van der Waals surface area contributed by atoms with Crippen molar-refractivity contribution >= 4 is 8.32 Å². The summed E-state index contributed by atoms with van der Waals surface area (Å²) in [5.41, 5.74) is 3.13. The minimum absolute atomic E-state index is 0.119. The number of aliphatic hydroxyl groups excluding tert-OH is 1. The van der Waals surface area contributed by atoms with E-state index >= 15 is 0 Å². The molecular weight excluding hydrogens is 516 g/mol. The van der Waals surface area contributed by atoms with Gasteiger partial charge in [-0.1, -0.05) is 124 Å². The summed E-state index contributed by atoms with van der Waals surface area (Å²) in [7, 11) is -1.90. The maximum absolute atomic E-state index is 11.3. The Morgan fingerprint density at radius 1 is 0.725 bits per heavy atom. The maximum Gasteiger partial charge on any atom is 0.192 e. The molecule has 6 heteroatoms. The molecule has 0 aliphatic rings. The fraction of sp³-hybridized carbons (Fsp3) is 0.412. The van der Waals surface area contributed by atoms with Crippen LogP contribution in [0.3, 0.4) is 0 Å². The Hall–Kier alpha value is -2.58. The Kier molecular flexibility index (Phi) is 12.8. The quantitative estimate of drug-likeness (QED) is 0.147. The fourth-order valence-corrected chi connectivity index (χ4v) is 4.79. The topological polar surface area (TPSA) is 57.2 Å². The summed E-state index contributed by atoms with van der Waals surface area (Å²) in [6.45, 7) is 12.9. The van der Waals surface area contributed by atoms with E-state index in [2.05, 4.69) is 33.9 Å². The van der Waals surface area contributed by atoms with Crippen LogP contribution in [0.2, 0.25) is 18.1 Å². The zero-order valence-corrected chi connectivity index (χ0v) is 25.7. The number of hydrogen-bond acceptors (Lipinski definition) is 5. The second-order valence-electron chi connectivity index (χ2n) is 11.6. The highest BCUT2D eigenvalue weighted by molar-refractivity contribution is 6.74. The number of rotatable bonds is 16. The summed E-state index contributed by atoms with van der Waals surface area (Å²) >= 11 is 0. The Morgan fingerprint density at radius 2 is 1.20 bits per heavy atom. The van der Waals surface area contributed by atoms with Gasteiger partial charge in [-0.3, -0.25) is 0 Å². The van der Waals surface area contributed by atoms with E-state index in [9.17, 15) is 5.11 Å². The average Bonchev–Trinajstić information content (AvgIpc) is 2.94. The number of ether oxygens (including phenoxy) is 3. The Morgan fingerprint density at radius 3 is 1.70 bits per heavy atom. The zero-order valence-electron chi connectivity index (χ0n) is 24.7. The van der Waals surface area contributed by atoms with Crippen LogP contribution in [0.1, 0.15) is 37.5 Å². The van der Waals surface area contributed by atoms with Gasteiger partial charge in [-0.15, -0.1) is 0 Å². The average molecular weight is 563 g/mol. The predicted molar refractivity (Wildman–Crippen MR) is 164 cm³/mol. The normalized spacial score (nSPS) is 14.8. The molecule has 40 heavy (non-hydrogen) atoms. The lowest BCUT2D eigenvalue weighted by Crippen LogP contribution is -2.43. The molecule has 3 aromatic rings. The van der Waals surface area contributed by atoms with Crippen LogP contribution in [0.5, 0.6) is 0 Å². The zero-order chi connectivity index (χ0) is 28.8. The summed E-state index contributed by atoms with van der Waals surface area (Å²) in [6, 6.07) is 29.9. The van der Waals surface area contributed by atoms with Crippen molar-refractivity contribution in [1.82, 2.24) is 0 Å². The molecule has 0 aromatic heterocycles. The second-order valence-corrected chi connectivity index (χ2v) is 16.4. The molecule has 0 unspecified atom stereocenters. The third-order valence-electron chi connectivity index (χ3n) is 7.35. The highest BCUT2D eigenvalue weighted by atomic mass is 28.4. The molecule has 0 spiro atoms. The largest absolute Gasteiger partial charge is 0.413 e. The van der Waals surface area contributed by atoms with Crippen LogP contribution in [0.4, 0.5) is 0 Å². The molecule has 0 saturated heterocycles. The molecule has 0 aliphatic heterocycles. The second kappa shape index (κ2) is 16.0. The van der Waals surface area contributed by atoms with Gasteiger partial charge in [0.2, 0.25) is 0 Å². The van der Waals surface area contributed by atoms with E-state index in [0.717, 1.165) is 16.7 Å². The molecule has 0 fully saturated rings. The van der Waals surface area contributed by atoms with E-state index < -0.39 is 26.6 Å². The SMILES string of the molecule is CC(C)(C)[Si](C)(C)OC/C=C/[C@@H](OCc1ccccc1)[C@H](OCc1ccccc1)[C@H](O)COCc1ccccc1. The molecule has 3 atom stereocenters. The molecule has 1 N–H and O–H groups in total. The molecule has 0 amide bonds. The minimum atomic E-state index is -1.90. The summed E-state index contributed by atoms with van der Waals surface area (Å²) in [6.07, 6.45) is 1.89. The third kappa shape index (κ3) is 10.8. The molecule has 0 radical (unpaired) electrons. The van der Waals surface area contributed by atoms with Gasteiger partial charge < -0.3 is 23.7 Å². The summed E-state index contributed by atoms with van der Waals surface area (Å²) in [5.74, 6) is 0. The van der Waals surface area contributed by atoms with Crippen LogP contribution in [-0.2, 0) is 38.5 Å². The van der Waals surface area contributed by atoms with Gasteiger partial charge in [0.05, 0.1) is 33.0 Å². The molecule has 0 aliphatic carbocycles. The smallest absolute Gasteiger partial charge is 0.192 e. The number of hydrogen-bond donors (Lipinski definition) is 1. The summed E-state index contributed by atoms with van der Waals surface area (Å²) in [4.78, 5) is 0. The van der Waals surface area contributed by atoms with E-state index in [1.54, 1.807) is 0 Å². The van der Waals surface area contributed by atoms with Crippen LogP contribution in [0.25, 0.3) is 0 Å². The van der Waals surface area contributed by atoms with Crippen LogP contribution in [0.15, 0.2) is 103 Å². The molecule has 3 aromatic carbocycles. The van der Waals surface area contributed by atoms with Crippen molar-refractivity contribution in [3.8, 4) is 0 Å². The Bertz CT molecular complexity index is 1110. The fourth-order valence-electron chi connectivity index (χ4n) is 3.85. The van der Waals surface area contributed by atoms with Crippen LogP contribution < -0.4 is 0 Å². The van der Waals surface area contributed by atoms with Gasteiger partial charge in [0.25, 0.3) is 0 Å². The van der Waals surface area contributed by atoms with Gasteiger partial charge in [0.15, 0.2) is 8.32 Å². The first kappa shape index (κ1) is 31.9. The van der Waals surface area contributed by atoms with Gasteiger partial charge in [-0.05, 0) is 34.8 Å². The van der Waals surface area contributed by atoms with Gasteiger partial charge in [-0.2, -0.15) is 0 Å². The lowest BCUT2D eigenvalue weighted by Gasteiger charge is -2.35. The highest BCUT2D eigenvalue weighted by Gasteiger charge is 2.37. The molecule has 0 heterocycles. The predicted octanol–water partition coefficient (Wildman–Crippen LogP) is 7.31. The van der Waals surface area contributed by atoms with Crippen LogP contribution in [-0.4, -0.2) is 44.9 Å². The van der Waals surface area contributed by atoms with Crippen molar-refractivity contribution in [2.24, 2.45) is 0 Å². The first-order valence-corrected chi connectivity index (χ1v) is 17.0. The third-order valence-corrected chi connectivity index (χ3v) is 11.8. The van der Waals surface area contributed by atoms with Gasteiger partial charge in [-0.25, -0.2) is 0 Å². The van der Waals surface area contributed by atoms with Crippen molar-refractivity contribution in [3.05, 3.63) is 120 Å². The van der Waals surface area contributed by atoms with Gasteiger partial charge >= 0.3 is 0 Å². The first-order chi connectivity index (χ1) is 19.2. The number of benzene rings is 3. The van der Waals surface area contributed by atoms with Crippen LogP contribution >= 0.6 is 0 Å². The van der Waals surface area contributed by atoms with Crippen molar-refractivity contribution in [1.29, 1.82) is 0 Å². The highest BCUT2D eigenvalue weighted by Crippen LogP contribution is 2.36. The Balaban J connectivity index is 1.76. The summed E-state index contributed by atoms with van der Waals surface area (Å²) < 4.78 is 25.0. The van der Waals surface area contributed by atoms with Crippen molar-refractivity contribution in [2.75, 3.05) is 13.2 Å². The van der Waals surface area contributed by atoms with Crippen molar-refractivity contribution < 1.29 is 23.7 Å². The van der Waals surface area contributed by atoms with Gasteiger partial charge in [0, 0.05) is 0 Å². The Labute approximate surface area is 241 Å². The maximum atomic E-state index is 11.3. The molecule has 216 valence electrons. The monoisotopic (exact) mass is 562 g/mol. The molecule has 5 nitrogen and oxygen atoms in total. The lowest BCUT2D eigenvalue weighted by molar-refractivity contribution is -0.134. The van der Waals surface area contributed by atoms with E-state index in [1.807, 2.05) is 103 Å². The van der Waals surface area contributed by atoms with E-state index in [0.29, 0.717) is 26.4 Å². The molecular formula is C34H46O5Si. The molecule has 3 rings (SSSR count). The van der Waals surface area contributed by atoms with E-state index in [1.165, 1.54) is 0 Å².